The molecule has 0 heterocycles. The molecule has 3 atom stereocenters. The topological polar surface area (TPSA) is 105 Å². The van der Waals surface area contributed by atoms with E-state index in [1.54, 1.807) is 6.08 Å². The Bertz CT molecular complexity index is 1060. The van der Waals surface area contributed by atoms with Gasteiger partial charge in [0.25, 0.3) is 0 Å². The molecule has 0 aromatic heterocycles. The number of aliphatic hydroxyl groups excluding tert-OH is 1. The van der Waals surface area contributed by atoms with Gasteiger partial charge in [-0.2, -0.15) is 0 Å². The van der Waals surface area contributed by atoms with E-state index in [4.69, 9.17) is 9.05 Å². The molecule has 0 rings (SSSR count). The van der Waals surface area contributed by atoms with Crippen LogP contribution in [-0.2, 0) is 18.4 Å². The molecule has 51 heavy (non-hydrogen) atoms. The van der Waals surface area contributed by atoms with Gasteiger partial charge < -0.3 is 19.8 Å². The summed E-state index contributed by atoms with van der Waals surface area (Å²) in [4.78, 5) is 22.8. The molecule has 0 aliphatic heterocycles. The minimum atomic E-state index is -4.32. The van der Waals surface area contributed by atoms with E-state index in [1.165, 1.54) is 38.5 Å². The lowest BCUT2D eigenvalue weighted by Crippen LogP contribution is -2.45. The Morgan fingerprint density at radius 2 is 1.18 bits per heavy atom. The Morgan fingerprint density at radius 3 is 1.71 bits per heavy atom. The van der Waals surface area contributed by atoms with E-state index in [0.29, 0.717) is 17.4 Å². The van der Waals surface area contributed by atoms with Crippen molar-refractivity contribution in [3.63, 3.8) is 0 Å². The molecule has 0 fully saturated rings. The Morgan fingerprint density at radius 1 is 0.686 bits per heavy atom. The van der Waals surface area contributed by atoms with Gasteiger partial charge in [-0.05, 0) is 57.8 Å². The van der Waals surface area contributed by atoms with Gasteiger partial charge in [-0.1, -0.05) is 145 Å². The summed E-state index contributed by atoms with van der Waals surface area (Å²) in [6.45, 7) is 4.51. The molecule has 3 N–H and O–H groups in total. The van der Waals surface area contributed by atoms with Crippen molar-refractivity contribution in [1.82, 2.24) is 5.32 Å². The summed E-state index contributed by atoms with van der Waals surface area (Å²) in [7, 11) is 1.55. The fourth-order valence-electron chi connectivity index (χ4n) is 4.99. The summed E-state index contributed by atoms with van der Waals surface area (Å²) in [6, 6.07) is -0.848. The van der Waals surface area contributed by atoms with E-state index in [1.807, 2.05) is 27.2 Å². The van der Waals surface area contributed by atoms with Gasteiger partial charge in [-0.15, -0.1) is 0 Å². The highest BCUT2D eigenvalue weighted by molar-refractivity contribution is 7.47. The number of phosphoric ester groups is 1. The average Bonchev–Trinajstić information content (AvgIpc) is 3.07. The largest absolute Gasteiger partial charge is 0.472 e. The maximum atomic E-state index is 12.7. The summed E-state index contributed by atoms with van der Waals surface area (Å²) in [5, 5.41) is 13.5. The van der Waals surface area contributed by atoms with Gasteiger partial charge in [0.1, 0.15) is 13.2 Å². The number of carbonyl (C=O) groups excluding carboxylic acids is 1. The molecule has 0 saturated carbocycles. The predicted octanol–water partition coefficient (Wildman–Crippen LogP) is 10.5. The maximum absolute atomic E-state index is 12.7. The van der Waals surface area contributed by atoms with Gasteiger partial charge in [0.2, 0.25) is 5.91 Å². The van der Waals surface area contributed by atoms with E-state index in [0.717, 1.165) is 77.0 Å². The lowest BCUT2D eigenvalue weighted by molar-refractivity contribution is -0.870. The molecular weight excluding hydrogens is 659 g/mol. The van der Waals surface area contributed by atoms with Gasteiger partial charge >= 0.3 is 7.82 Å². The smallest absolute Gasteiger partial charge is 0.387 e. The molecule has 0 aliphatic rings. The standard InChI is InChI=1S/C42H75N2O6P/c1-6-8-10-12-13-14-15-16-17-18-19-20-21-22-23-24-25-26-27-28-29-30-31-32-34-36-42(46)43-40(41(45)35-33-11-9-7-2)39-50-51(47,48)49-38-37-44(3,4)5/h8,10,13-14,16-17,19-20,22-23,33,35,40-41,45H,6-7,9,11-12,15,18,21,24-32,34,36-39H2,1-5H3,(H-,43,46,47,48)/p+1/b10-8-,14-13-,17-16-,20-19-,23-22-,35-33+. The first-order chi connectivity index (χ1) is 24.5. The number of nitrogens with one attached hydrogen (secondary N) is 1. The van der Waals surface area contributed by atoms with Crippen molar-refractivity contribution in [2.45, 2.75) is 148 Å². The molecule has 0 aromatic carbocycles. The molecule has 0 radical (unpaired) electrons. The Balaban J connectivity index is 4.08. The van der Waals surface area contributed by atoms with Crippen LogP contribution in [0.3, 0.4) is 0 Å². The first kappa shape index (κ1) is 48.9. The molecule has 0 saturated heterocycles. The fourth-order valence-corrected chi connectivity index (χ4v) is 5.73. The zero-order valence-electron chi connectivity index (χ0n) is 33.1. The third kappa shape index (κ3) is 36.1. The number of phosphoric acid groups is 1. The number of hydrogen-bond donors (Lipinski definition) is 3. The molecule has 0 aromatic rings. The number of quaternary nitrogens is 1. The highest BCUT2D eigenvalue weighted by atomic mass is 31.2. The van der Waals surface area contributed by atoms with Crippen molar-refractivity contribution in [3.05, 3.63) is 72.9 Å². The van der Waals surface area contributed by atoms with Crippen LogP contribution in [0.5, 0.6) is 0 Å². The van der Waals surface area contributed by atoms with E-state index in [9.17, 15) is 19.4 Å². The second-order valence-corrected chi connectivity index (χ2v) is 15.7. The molecule has 0 spiro atoms. The number of carbonyl (C=O) groups is 1. The Labute approximate surface area is 313 Å². The summed E-state index contributed by atoms with van der Waals surface area (Å²) < 4.78 is 23.2. The second kappa shape index (κ2) is 33.8. The Hall–Kier alpha value is -2.06. The lowest BCUT2D eigenvalue weighted by Gasteiger charge is -2.25. The highest BCUT2D eigenvalue weighted by Crippen LogP contribution is 2.43. The predicted molar refractivity (Wildman–Crippen MR) is 216 cm³/mol. The van der Waals surface area contributed by atoms with Crippen molar-refractivity contribution in [2.24, 2.45) is 0 Å². The van der Waals surface area contributed by atoms with Crippen LogP contribution < -0.4 is 5.32 Å². The van der Waals surface area contributed by atoms with Crippen LogP contribution in [0.25, 0.3) is 0 Å². The van der Waals surface area contributed by atoms with Crippen molar-refractivity contribution in [2.75, 3.05) is 40.9 Å². The summed E-state index contributed by atoms with van der Waals surface area (Å²) >= 11 is 0. The number of rotatable bonds is 34. The third-order valence-corrected chi connectivity index (χ3v) is 9.17. The van der Waals surface area contributed by atoms with Crippen molar-refractivity contribution in [1.29, 1.82) is 0 Å². The van der Waals surface area contributed by atoms with Gasteiger partial charge in [0.05, 0.1) is 39.9 Å². The number of likely N-dealkylation sites (N-methyl/N-ethyl adjacent to an activating group) is 1. The molecule has 9 heteroatoms. The van der Waals surface area contributed by atoms with E-state index < -0.39 is 20.0 Å². The fraction of sp³-hybridized carbons (Fsp3) is 0.690. The van der Waals surface area contributed by atoms with Crippen LogP contribution in [0.4, 0.5) is 0 Å². The van der Waals surface area contributed by atoms with E-state index in [-0.39, 0.29) is 19.1 Å². The summed E-state index contributed by atoms with van der Waals surface area (Å²) in [5.74, 6) is -0.198. The number of allylic oxidation sites excluding steroid dienone is 11. The first-order valence-corrected chi connectivity index (χ1v) is 21.3. The zero-order valence-corrected chi connectivity index (χ0v) is 34.0. The van der Waals surface area contributed by atoms with Crippen LogP contribution in [0, 0.1) is 0 Å². The van der Waals surface area contributed by atoms with Gasteiger partial charge in [0, 0.05) is 6.42 Å². The summed E-state index contributed by atoms with van der Waals surface area (Å²) in [5.41, 5.74) is 0. The number of nitrogens with zero attached hydrogens (tertiary/aromatic N) is 1. The molecule has 0 aliphatic carbocycles. The van der Waals surface area contributed by atoms with Crippen molar-refractivity contribution >= 4 is 13.7 Å². The van der Waals surface area contributed by atoms with Crippen LogP contribution in [0.2, 0.25) is 0 Å². The quantitative estimate of drug-likeness (QED) is 0.0263. The third-order valence-electron chi connectivity index (χ3n) is 8.18. The zero-order chi connectivity index (χ0) is 37.9. The minimum absolute atomic E-state index is 0.0551. The number of amides is 1. The number of hydrogen-bond acceptors (Lipinski definition) is 5. The molecule has 8 nitrogen and oxygen atoms in total. The monoisotopic (exact) mass is 736 g/mol. The number of aliphatic hydroxyl groups is 1. The molecule has 3 unspecified atom stereocenters. The van der Waals surface area contributed by atoms with Gasteiger partial charge in [-0.3, -0.25) is 13.8 Å². The minimum Gasteiger partial charge on any atom is -0.387 e. The lowest BCUT2D eigenvalue weighted by atomic mass is 10.1. The second-order valence-electron chi connectivity index (χ2n) is 14.3. The van der Waals surface area contributed by atoms with Crippen LogP contribution in [-0.4, -0.2) is 73.4 Å². The SMILES string of the molecule is CC/C=C\C/C=C\C/C=C\C/C=C\C/C=C\CCCCCCCCCCCC(=O)NC(COP(=O)(O)OCC[N+](C)(C)C)C(O)/C=C/CCCC. The van der Waals surface area contributed by atoms with Gasteiger partial charge in [0.15, 0.2) is 0 Å². The van der Waals surface area contributed by atoms with Crippen LogP contribution in [0.1, 0.15) is 136 Å². The molecule has 1 amide bonds. The summed E-state index contributed by atoms with van der Waals surface area (Å²) in [6.07, 6.45) is 44.6. The number of unbranched alkanes of at least 4 members (excludes halogenated alkanes) is 11. The van der Waals surface area contributed by atoms with E-state index >= 15 is 0 Å². The van der Waals surface area contributed by atoms with Crippen LogP contribution in [0.15, 0.2) is 72.9 Å². The first-order valence-electron chi connectivity index (χ1n) is 19.8. The van der Waals surface area contributed by atoms with Crippen LogP contribution >= 0.6 is 7.82 Å². The highest BCUT2D eigenvalue weighted by Gasteiger charge is 2.27. The average molecular weight is 736 g/mol. The van der Waals surface area contributed by atoms with Gasteiger partial charge in [-0.25, -0.2) is 4.57 Å². The molecular formula is C42H76N2O6P+. The van der Waals surface area contributed by atoms with Crippen molar-refractivity contribution in [3.8, 4) is 0 Å². The molecule has 294 valence electrons. The normalized spacial score (nSPS) is 15.4. The molecule has 0 bridgehead atoms. The van der Waals surface area contributed by atoms with Crippen molar-refractivity contribution < 1.29 is 32.9 Å². The van der Waals surface area contributed by atoms with E-state index in [2.05, 4.69) is 79.9 Å². The maximum Gasteiger partial charge on any atom is 0.472 e. The Kier molecular flexibility index (Phi) is 32.4.